The van der Waals surface area contributed by atoms with Crippen LogP contribution in [0.15, 0.2) is 22.3 Å². The van der Waals surface area contributed by atoms with Gasteiger partial charge in [0.25, 0.3) is 5.22 Å². The van der Waals surface area contributed by atoms with Gasteiger partial charge in [-0.25, -0.2) is 9.67 Å². The van der Waals surface area contributed by atoms with E-state index in [9.17, 15) is 4.79 Å². The Morgan fingerprint density at radius 1 is 1.35 bits per heavy atom. The fourth-order valence-electron chi connectivity index (χ4n) is 2.64. The number of amides is 1. The van der Waals surface area contributed by atoms with Gasteiger partial charge in [0.2, 0.25) is 11.8 Å². The van der Waals surface area contributed by atoms with Gasteiger partial charge in [0.05, 0.1) is 5.75 Å². The number of aromatic nitrogens is 5. The van der Waals surface area contributed by atoms with Gasteiger partial charge in [-0.2, -0.15) is 5.10 Å². The Bertz CT molecular complexity index is 609. The Morgan fingerprint density at radius 2 is 2.22 bits per heavy atom. The molecule has 0 atom stereocenters. The normalized spacial score (nSPS) is 15.7. The predicted octanol–water partition coefficient (Wildman–Crippen LogP) is 1.50. The van der Waals surface area contributed by atoms with Gasteiger partial charge >= 0.3 is 0 Å². The molecule has 2 aromatic heterocycles. The first-order valence-corrected chi connectivity index (χ1v) is 8.82. The fraction of sp³-hybridized carbons (Fsp3) is 0.643. The van der Waals surface area contributed by atoms with Crippen LogP contribution in [-0.4, -0.2) is 43.2 Å². The zero-order valence-corrected chi connectivity index (χ0v) is 13.7. The van der Waals surface area contributed by atoms with Crippen molar-refractivity contribution in [3.63, 3.8) is 0 Å². The molecule has 8 nitrogen and oxygen atoms in total. The van der Waals surface area contributed by atoms with Gasteiger partial charge in [0.15, 0.2) is 0 Å². The highest BCUT2D eigenvalue weighted by molar-refractivity contribution is 7.99. The number of carbonyl (C=O) groups is 1. The second kappa shape index (κ2) is 8.09. The van der Waals surface area contributed by atoms with Crippen LogP contribution in [0.2, 0.25) is 0 Å². The molecule has 124 valence electrons. The van der Waals surface area contributed by atoms with Crippen LogP contribution in [0.25, 0.3) is 0 Å². The number of rotatable bonds is 7. The summed E-state index contributed by atoms with van der Waals surface area (Å²) in [6.45, 7) is 1.15. The molecular formula is C14H20N6O2S. The molecule has 0 unspecified atom stereocenters. The van der Waals surface area contributed by atoms with Crippen molar-refractivity contribution < 1.29 is 9.21 Å². The average molecular weight is 336 g/mol. The molecular weight excluding hydrogens is 316 g/mol. The van der Waals surface area contributed by atoms with Crippen molar-refractivity contribution in [2.75, 3.05) is 12.3 Å². The molecule has 0 bridgehead atoms. The average Bonchev–Trinajstić information content (AvgIpc) is 3.24. The number of carbonyl (C=O) groups excluding carboxylic acids is 1. The lowest BCUT2D eigenvalue weighted by Crippen LogP contribution is -2.31. The van der Waals surface area contributed by atoms with Crippen molar-refractivity contribution in [3.05, 3.63) is 18.5 Å². The van der Waals surface area contributed by atoms with E-state index in [2.05, 4.69) is 25.6 Å². The summed E-state index contributed by atoms with van der Waals surface area (Å²) in [6.07, 6.45) is 9.37. The molecule has 0 radical (unpaired) electrons. The van der Waals surface area contributed by atoms with Gasteiger partial charge in [0, 0.05) is 6.54 Å². The molecule has 1 amide bonds. The van der Waals surface area contributed by atoms with E-state index < -0.39 is 0 Å². The summed E-state index contributed by atoms with van der Waals surface area (Å²) in [5, 5.41) is 15.2. The largest absolute Gasteiger partial charge is 0.414 e. The quantitative estimate of drug-likeness (QED) is 0.765. The fourth-order valence-corrected chi connectivity index (χ4v) is 3.25. The second-order valence-electron chi connectivity index (χ2n) is 5.65. The maximum atomic E-state index is 11.9. The zero-order valence-electron chi connectivity index (χ0n) is 12.8. The van der Waals surface area contributed by atoms with Crippen LogP contribution in [0.1, 0.15) is 38.0 Å². The minimum Gasteiger partial charge on any atom is -0.414 e. The summed E-state index contributed by atoms with van der Waals surface area (Å²) in [5.74, 6) is 1.38. The standard InChI is InChI=1S/C14H20N6O2S/c21-12(16-6-11-4-2-1-3-5-11)8-23-14-19-18-13(22-14)7-20-10-15-9-17-20/h9-11H,1-8H2,(H,16,21). The molecule has 9 heteroatoms. The maximum Gasteiger partial charge on any atom is 0.277 e. The zero-order chi connectivity index (χ0) is 15.9. The molecule has 1 saturated carbocycles. The van der Waals surface area contributed by atoms with Crippen LogP contribution < -0.4 is 5.32 Å². The first-order valence-electron chi connectivity index (χ1n) is 7.84. The molecule has 3 rings (SSSR count). The van der Waals surface area contributed by atoms with E-state index in [0.717, 1.165) is 6.54 Å². The van der Waals surface area contributed by atoms with Crippen LogP contribution in [-0.2, 0) is 11.3 Å². The van der Waals surface area contributed by atoms with E-state index in [0.29, 0.717) is 23.6 Å². The molecule has 2 heterocycles. The summed E-state index contributed by atoms with van der Waals surface area (Å²) in [6, 6.07) is 0. The Hall–Kier alpha value is -1.90. The molecule has 2 aromatic rings. The minimum absolute atomic E-state index is 0.0107. The highest BCUT2D eigenvalue weighted by atomic mass is 32.2. The number of thioether (sulfide) groups is 1. The molecule has 23 heavy (non-hydrogen) atoms. The second-order valence-corrected chi connectivity index (χ2v) is 6.58. The lowest BCUT2D eigenvalue weighted by molar-refractivity contribution is -0.118. The highest BCUT2D eigenvalue weighted by Gasteiger charge is 2.15. The maximum absolute atomic E-state index is 11.9. The van der Waals surface area contributed by atoms with E-state index in [1.807, 2.05) is 0 Å². The highest BCUT2D eigenvalue weighted by Crippen LogP contribution is 2.23. The number of nitrogens with one attached hydrogen (secondary N) is 1. The van der Waals surface area contributed by atoms with Crippen molar-refractivity contribution in [2.24, 2.45) is 5.92 Å². The molecule has 1 aliphatic rings. The van der Waals surface area contributed by atoms with Crippen LogP contribution in [0.3, 0.4) is 0 Å². The molecule has 0 aromatic carbocycles. The number of hydrogen-bond donors (Lipinski definition) is 1. The van der Waals surface area contributed by atoms with Gasteiger partial charge in [0.1, 0.15) is 19.2 Å². The van der Waals surface area contributed by atoms with Crippen molar-refractivity contribution in [1.82, 2.24) is 30.3 Å². The topological polar surface area (TPSA) is 98.7 Å². The van der Waals surface area contributed by atoms with E-state index in [1.165, 1.54) is 50.2 Å². The molecule has 1 N–H and O–H groups in total. The lowest BCUT2D eigenvalue weighted by Gasteiger charge is -2.21. The van der Waals surface area contributed by atoms with Crippen LogP contribution in [0.5, 0.6) is 0 Å². The molecule has 0 saturated heterocycles. The first-order chi connectivity index (χ1) is 11.3. The smallest absolute Gasteiger partial charge is 0.277 e. The van der Waals surface area contributed by atoms with Gasteiger partial charge < -0.3 is 9.73 Å². The van der Waals surface area contributed by atoms with Gasteiger partial charge in [-0.15, -0.1) is 10.2 Å². The van der Waals surface area contributed by atoms with Crippen molar-refractivity contribution in [2.45, 2.75) is 43.9 Å². The van der Waals surface area contributed by atoms with Crippen molar-refractivity contribution in [1.29, 1.82) is 0 Å². The SMILES string of the molecule is O=C(CSc1nnc(Cn2cncn2)o1)NCC1CCCCC1. The van der Waals surface area contributed by atoms with Gasteiger partial charge in [-0.3, -0.25) is 4.79 Å². The summed E-state index contributed by atoms with van der Waals surface area (Å²) in [5.41, 5.74) is 0. The number of nitrogens with zero attached hydrogens (tertiary/aromatic N) is 5. The molecule has 1 aliphatic carbocycles. The first kappa shape index (κ1) is 16.0. The van der Waals surface area contributed by atoms with E-state index >= 15 is 0 Å². The third-order valence-corrected chi connectivity index (χ3v) is 4.67. The Labute approximate surface area is 138 Å². The third kappa shape index (κ3) is 5.05. The summed E-state index contributed by atoms with van der Waals surface area (Å²) in [7, 11) is 0. The predicted molar refractivity (Wildman–Crippen MR) is 83.7 cm³/mol. The monoisotopic (exact) mass is 336 g/mol. The van der Waals surface area contributed by atoms with Crippen LogP contribution in [0, 0.1) is 5.92 Å². The molecule has 0 aliphatic heterocycles. The Balaban J connectivity index is 1.37. The summed E-state index contributed by atoms with van der Waals surface area (Å²) < 4.78 is 7.07. The molecule has 0 spiro atoms. The van der Waals surface area contributed by atoms with Crippen molar-refractivity contribution in [3.8, 4) is 0 Å². The van der Waals surface area contributed by atoms with E-state index in [4.69, 9.17) is 4.42 Å². The van der Waals surface area contributed by atoms with E-state index in [-0.39, 0.29) is 11.7 Å². The van der Waals surface area contributed by atoms with Gasteiger partial charge in [-0.1, -0.05) is 31.0 Å². The lowest BCUT2D eigenvalue weighted by atomic mass is 9.89. The van der Waals surface area contributed by atoms with E-state index in [1.54, 1.807) is 11.0 Å². The number of hydrogen-bond acceptors (Lipinski definition) is 7. The van der Waals surface area contributed by atoms with Gasteiger partial charge in [-0.05, 0) is 18.8 Å². The minimum atomic E-state index is 0.0107. The summed E-state index contributed by atoms with van der Waals surface area (Å²) in [4.78, 5) is 15.7. The van der Waals surface area contributed by atoms with Crippen molar-refractivity contribution >= 4 is 17.7 Å². The Kier molecular flexibility index (Phi) is 5.62. The molecule has 1 fully saturated rings. The third-order valence-electron chi connectivity index (χ3n) is 3.85. The van der Waals surface area contributed by atoms with Crippen LogP contribution in [0.4, 0.5) is 0 Å². The summed E-state index contributed by atoms with van der Waals surface area (Å²) >= 11 is 1.25. The Morgan fingerprint density at radius 3 is 3.00 bits per heavy atom. The van der Waals surface area contributed by atoms with Crippen LogP contribution >= 0.6 is 11.8 Å².